The Kier molecular flexibility index (Phi) is 4.56. The number of hydrogen-bond acceptors (Lipinski definition) is 3. The van der Waals surface area contributed by atoms with Gasteiger partial charge in [-0.25, -0.2) is 8.42 Å². The van der Waals surface area contributed by atoms with Gasteiger partial charge in [-0.05, 0) is 38.0 Å². The first-order valence-corrected chi connectivity index (χ1v) is 9.53. The van der Waals surface area contributed by atoms with Gasteiger partial charge < -0.3 is 0 Å². The quantitative estimate of drug-likeness (QED) is 0.799. The second-order valence-corrected chi connectivity index (χ2v) is 8.14. The molecular weight excluding hydrogens is 322 g/mol. The highest BCUT2D eigenvalue weighted by Gasteiger charge is 2.39. The van der Waals surface area contributed by atoms with Gasteiger partial charge >= 0.3 is 0 Å². The summed E-state index contributed by atoms with van der Waals surface area (Å²) in [6.07, 6.45) is 0.802. The third-order valence-electron chi connectivity index (χ3n) is 4.77. The van der Waals surface area contributed by atoms with E-state index in [1.54, 1.807) is 22.5 Å². The first-order valence-electron chi connectivity index (χ1n) is 8.09. The van der Waals surface area contributed by atoms with Gasteiger partial charge in [-0.3, -0.25) is 4.79 Å². The summed E-state index contributed by atoms with van der Waals surface area (Å²) in [5, 5.41) is 0. The summed E-state index contributed by atoms with van der Waals surface area (Å²) in [4.78, 5) is 11.7. The Morgan fingerprint density at radius 1 is 1.08 bits per heavy atom. The zero-order valence-electron chi connectivity index (χ0n) is 13.8. The van der Waals surface area contributed by atoms with Crippen molar-refractivity contribution in [3.05, 3.63) is 65.7 Å². The van der Waals surface area contributed by atoms with Gasteiger partial charge in [0.05, 0.1) is 4.90 Å². The van der Waals surface area contributed by atoms with Crippen LogP contribution >= 0.6 is 0 Å². The number of sulfonamides is 1. The molecule has 1 saturated heterocycles. The smallest absolute Gasteiger partial charge is 0.243 e. The molecule has 2 atom stereocenters. The number of hydrogen-bond donors (Lipinski definition) is 0. The highest BCUT2D eigenvalue weighted by atomic mass is 32.2. The van der Waals surface area contributed by atoms with Gasteiger partial charge in [0.1, 0.15) is 0 Å². The third kappa shape index (κ3) is 3.01. The fourth-order valence-electron chi connectivity index (χ4n) is 3.41. The van der Waals surface area contributed by atoms with E-state index in [4.69, 9.17) is 0 Å². The first kappa shape index (κ1) is 16.9. The second kappa shape index (κ2) is 6.49. The van der Waals surface area contributed by atoms with Gasteiger partial charge in [0.15, 0.2) is 5.78 Å². The molecular formula is C19H21NO3S. The van der Waals surface area contributed by atoms with Crippen molar-refractivity contribution in [1.82, 2.24) is 4.31 Å². The minimum absolute atomic E-state index is 0.113. The molecule has 0 aromatic heterocycles. The molecule has 0 aliphatic carbocycles. The van der Waals surface area contributed by atoms with Gasteiger partial charge in [0, 0.05) is 24.1 Å². The Hall–Kier alpha value is -1.98. The third-order valence-corrected chi connectivity index (χ3v) is 6.75. The summed E-state index contributed by atoms with van der Waals surface area (Å²) < 4.78 is 27.6. The summed E-state index contributed by atoms with van der Waals surface area (Å²) in [7, 11) is -3.60. The van der Waals surface area contributed by atoms with Crippen LogP contribution in [0.4, 0.5) is 0 Å². The van der Waals surface area contributed by atoms with Crippen molar-refractivity contribution < 1.29 is 13.2 Å². The molecule has 1 heterocycles. The van der Waals surface area contributed by atoms with Crippen LogP contribution in [0.2, 0.25) is 0 Å². The Morgan fingerprint density at radius 3 is 2.46 bits per heavy atom. The number of Topliss-reactive ketones (excluding diaryl/α,β-unsaturated/α-hetero) is 1. The van der Waals surface area contributed by atoms with Crippen LogP contribution in [-0.4, -0.2) is 31.1 Å². The maximum atomic E-state index is 13.0. The molecule has 3 rings (SSSR count). The van der Waals surface area contributed by atoms with E-state index >= 15 is 0 Å². The van der Waals surface area contributed by atoms with Gasteiger partial charge in [0.2, 0.25) is 10.0 Å². The number of carbonyl (C=O) groups excluding carboxylic acids is 1. The summed E-state index contributed by atoms with van der Waals surface area (Å²) >= 11 is 0. The minimum atomic E-state index is -3.60. The van der Waals surface area contributed by atoms with E-state index in [-0.39, 0.29) is 22.6 Å². The normalized spacial score (nSPS) is 21.8. The van der Waals surface area contributed by atoms with E-state index in [1.165, 1.54) is 18.6 Å². The zero-order valence-corrected chi connectivity index (χ0v) is 14.7. The lowest BCUT2D eigenvalue weighted by Crippen LogP contribution is -2.35. The molecule has 5 heteroatoms. The number of rotatable bonds is 4. The van der Waals surface area contributed by atoms with Crippen LogP contribution in [0.5, 0.6) is 0 Å². The molecule has 0 radical (unpaired) electrons. The lowest BCUT2D eigenvalue weighted by molar-refractivity contribution is 0.101. The number of ketones is 1. The maximum Gasteiger partial charge on any atom is 0.243 e. The summed E-state index contributed by atoms with van der Waals surface area (Å²) in [5.74, 6) is 0.0562. The van der Waals surface area contributed by atoms with Crippen molar-refractivity contribution in [3.8, 4) is 0 Å². The van der Waals surface area contributed by atoms with Crippen molar-refractivity contribution in [2.24, 2.45) is 0 Å². The van der Waals surface area contributed by atoms with Crippen molar-refractivity contribution >= 4 is 15.8 Å². The SMILES string of the molecule is CC(=O)c1cccc(S(=O)(=O)N2CCC(c3ccccc3)C2C)c1. The fraction of sp³-hybridized carbons (Fsp3) is 0.316. The molecule has 2 aromatic carbocycles. The molecule has 0 N–H and O–H groups in total. The van der Waals surface area contributed by atoms with E-state index in [2.05, 4.69) is 0 Å². The molecule has 0 bridgehead atoms. The Balaban J connectivity index is 1.91. The molecule has 2 unspecified atom stereocenters. The maximum absolute atomic E-state index is 13.0. The summed E-state index contributed by atoms with van der Waals surface area (Å²) in [6, 6.07) is 16.2. The van der Waals surface area contributed by atoms with Crippen molar-refractivity contribution in [3.63, 3.8) is 0 Å². The Morgan fingerprint density at radius 2 is 1.79 bits per heavy atom. The molecule has 0 spiro atoms. The molecule has 1 fully saturated rings. The van der Waals surface area contributed by atoms with Gasteiger partial charge in [0.25, 0.3) is 0 Å². The van der Waals surface area contributed by atoms with Crippen molar-refractivity contribution in [2.45, 2.75) is 37.1 Å². The van der Waals surface area contributed by atoms with Gasteiger partial charge in [-0.1, -0.05) is 42.5 Å². The molecule has 24 heavy (non-hydrogen) atoms. The summed E-state index contributed by atoms with van der Waals surface area (Å²) in [6.45, 7) is 3.89. The van der Waals surface area contributed by atoms with E-state index in [9.17, 15) is 13.2 Å². The molecule has 1 aliphatic rings. The second-order valence-electron chi connectivity index (χ2n) is 6.25. The predicted octanol–water partition coefficient (Wildman–Crippen LogP) is 3.46. The van der Waals surface area contributed by atoms with E-state index in [0.717, 1.165) is 6.42 Å². The van der Waals surface area contributed by atoms with Crippen LogP contribution in [0.25, 0.3) is 0 Å². The lowest BCUT2D eigenvalue weighted by atomic mass is 9.93. The molecule has 0 saturated carbocycles. The average Bonchev–Trinajstić information content (AvgIpc) is 2.98. The van der Waals surface area contributed by atoms with Crippen LogP contribution in [0.3, 0.4) is 0 Å². The Bertz CT molecular complexity index is 846. The van der Waals surface area contributed by atoms with Crippen LogP contribution in [0.15, 0.2) is 59.5 Å². The number of nitrogens with zero attached hydrogens (tertiary/aromatic N) is 1. The molecule has 2 aromatic rings. The molecule has 0 amide bonds. The number of benzene rings is 2. The topological polar surface area (TPSA) is 54.5 Å². The van der Waals surface area contributed by atoms with Crippen LogP contribution in [0.1, 0.15) is 42.1 Å². The monoisotopic (exact) mass is 343 g/mol. The summed E-state index contributed by atoms with van der Waals surface area (Å²) in [5.41, 5.74) is 1.59. The first-order chi connectivity index (χ1) is 11.4. The van der Waals surface area contributed by atoms with Crippen LogP contribution < -0.4 is 0 Å². The van der Waals surface area contributed by atoms with E-state index in [0.29, 0.717) is 12.1 Å². The van der Waals surface area contributed by atoms with E-state index in [1.807, 2.05) is 37.3 Å². The highest BCUT2D eigenvalue weighted by Crippen LogP contribution is 2.36. The van der Waals surface area contributed by atoms with Crippen molar-refractivity contribution in [2.75, 3.05) is 6.54 Å². The highest BCUT2D eigenvalue weighted by molar-refractivity contribution is 7.89. The average molecular weight is 343 g/mol. The van der Waals surface area contributed by atoms with Crippen molar-refractivity contribution in [1.29, 1.82) is 0 Å². The lowest BCUT2D eigenvalue weighted by Gasteiger charge is -2.24. The number of carbonyl (C=O) groups is 1. The van der Waals surface area contributed by atoms with Gasteiger partial charge in [-0.2, -0.15) is 4.31 Å². The molecule has 126 valence electrons. The van der Waals surface area contributed by atoms with Crippen LogP contribution in [-0.2, 0) is 10.0 Å². The minimum Gasteiger partial charge on any atom is -0.295 e. The predicted molar refractivity (Wildman–Crippen MR) is 93.6 cm³/mol. The fourth-order valence-corrected chi connectivity index (χ4v) is 5.13. The standard InChI is InChI=1S/C19H21NO3S/c1-14-19(16-7-4-3-5-8-16)11-12-20(14)24(22,23)18-10-6-9-17(13-18)15(2)21/h3-10,13-14,19H,11-12H2,1-2H3. The molecule has 1 aliphatic heterocycles. The van der Waals surface area contributed by atoms with E-state index < -0.39 is 10.0 Å². The zero-order chi connectivity index (χ0) is 17.3. The molecule has 4 nitrogen and oxygen atoms in total. The Labute approximate surface area is 143 Å². The largest absolute Gasteiger partial charge is 0.295 e. The van der Waals surface area contributed by atoms with Crippen LogP contribution in [0, 0.1) is 0 Å². The van der Waals surface area contributed by atoms with Gasteiger partial charge in [-0.15, -0.1) is 0 Å².